The number of aliphatic hydroxyl groups excluding tert-OH is 2. The number of carbonyl (C=O) groups excluding carboxylic acids is 1. The molecular weight excluding hydrogens is 334 g/mol. The number of methoxy groups -OCH3 is 1. The molecule has 0 radical (unpaired) electrons. The first kappa shape index (κ1) is 17.5. The number of hydrogen-bond donors (Lipinski definition) is 2. The number of nitrogens with zero attached hydrogens (tertiary/aromatic N) is 3. The molecule has 2 N–H and O–H groups in total. The summed E-state index contributed by atoms with van der Waals surface area (Å²) in [6, 6.07) is 5.40. The molecule has 2 aliphatic rings. The first-order valence-electron chi connectivity index (χ1n) is 9.18. The molecule has 4 rings (SSSR count). The maximum absolute atomic E-state index is 13.2. The van der Waals surface area contributed by atoms with Gasteiger partial charge in [-0.2, -0.15) is 0 Å². The van der Waals surface area contributed by atoms with Crippen LogP contribution in [-0.4, -0.2) is 68.6 Å². The zero-order valence-electron chi connectivity index (χ0n) is 15.0. The number of carbonyl (C=O) groups is 1. The number of benzene rings is 1. The van der Waals surface area contributed by atoms with Crippen molar-refractivity contribution in [1.29, 1.82) is 0 Å². The van der Waals surface area contributed by atoms with Gasteiger partial charge in [-0.15, -0.1) is 0 Å². The van der Waals surface area contributed by atoms with Gasteiger partial charge >= 0.3 is 0 Å². The molecule has 26 heavy (non-hydrogen) atoms. The van der Waals surface area contributed by atoms with E-state index in [0.717, 1.165) is 30.3 Å². The molecular formula is C19H25N3O4. The van der Waals surface area contributed by atoms with Crippen LogP contribution in [0.25, 0.3) is 11.0 Å². The summed E-state index contributed by atoms with van der Waals surface area (Å²) in [6.07, 6.45) is 4.17. The van der Waals surface area contributed by atoms with Gasteiger partial charge in [-0.25, -0.2) is 4.98 Å². The predicted octanol–water partition coefficient (Wildman–Crippen LogP) is 1.17. The predicted molar refractivity (Wildman–Crippen MR) is 95.9 cm³/mol. The quantitative estimate of drug-likeness (QED) is 0.856. The molecule has 0 bridgehead atoms. The van der Waals surface area contributed by atoms with Gasteiger partial charge < -0.3 is 24.4 Å². The van der Waals surface area contributed by atoms with Crippen LogP contribution in [0.2, 0.25) is 0 Å². The van der Waals surface area contributed by atoms with Gasteiger partial charge in [0.2, 0.25) is 0 Å². The SMILES string of the molecule is CO[C@]12CC[C@H](O)C[C@H]1N(C(=O)c1ccc3c(c1)ncn3CCO)CC2. The number of fused-ring (bicyclic) bond motifs is 2. The number of rotatable bonds is 4. The van der Waals surface area contributed by atoms with Gasteiger partial charge in [-0.05, 0) is 43.9 Å². The summed E-state index contributed by atoms with van der Waals surface area (Å²) < 4.78 is 7.69. The van der Waals surface area contributed by atoms with Crippen molar-refractivity contribution in [3.05, 3.63) is 30.1 Å². The van der Waals surface area contributed by atoms with Crippen LogP contribution in [0, 0.1) is 0 Å². The second kappa shape index (κ2) is 6.64. The fourth-order valence-corrected chi connectivity index (χ4v) is 4.57. The number of imidazole rings is 1. The minimum atomic E-state index is -0.381. The highest BCUT2D eigenvalue weighted by Crippen LogP contribution is 2.43. The van der Waals surface area contributed by atoms with Gasteiger partial charge in [0, 0.05) is 25.8 Å². The van der Waals surface area contributed by atoms with Crippen LogP contribution >= 0.6 is 0 Å². The van der Waals surface area contributed by atoms with Crippen molar-refractivity contribution < 1.29 is 19.7 Å². The summed E-state index contributed by atoms with van der Waals surface area (Å²) >= 11 is 0. The first-order chi connectivity index (χ1) is 12.6. The van der Waals surface area contributed by atoms with E-state index in [1.54, 1.807) is 19.5 Å². The Morgan fingerprint density at radius 1 is 1.42 bits per heavy atom. The van der Waals surface area contributed by atoms with E-state index in [1.165, 1.54) is 0 Å². The lowest BCUT2D eigenvalue weighted by atomic mass is 9.79. The normalized spacial score (nSPS) is 28.5. The molecule has 1 aromatic carbocycles. The molecule has 0 unspecified atom stereocenters. The summed E-state index contributed by atoms with van der Waals surface area (Å²) in [5, 5.41) is 19.2. The van der Waals surface area contributed by atoms with E-state index in [4.69, 9.17) is 9.84 Å². The summed E-state index contributed by atoms with van der Waals surface area (Å²) in [6.45, 7) is 1.16. The Kier molecular flexibility index (Phi) is 4.46. The van der Waals surface area contributed by atoms with E-state index in [1.807, 2.05) is 21.6 Å². The Bertz CT molecular complexity index is 820. The maximum atomic E-state index is 13.2. The van der Waals surface area contributed by atoms with Crippen LogP contribution in [-0.2, 0) is 11.3 Å². The van der Waals surface area contributed by atoms with Crippen LogP contribution in [0.5, 0.6) is 0 Å². The molecule has 1 amide bonds. The second-order valence-corrected chi connectivity index (χ2v) is 7.33. The average Bonchev–Trinajstić information content (AvgIpc) is 3.23. The van der Waals surface area contributed by atoms with E-state index in [2.05, 4.69) is 4.98 Å². The van der Waals surface area contributed by atoms with Crippen molar-refractivity contribution in [2.45, 2.75) is 50.0 Å². The third kappa shape index (κ3) is 2.71. The molecule has 7 heteroatoms. The molecule has 3 atom stereocenters. The maximum Gasteiger partial charge on any atom is 0.254 e. The smallest absolute Gasteiger partial charge is 0.254 e. The Balaban J connectivity index is 1.62. The van der Waals surface area contributed by atoms with E-state index in [9.17, 15) is 9.90 Å². The number of aliphatic hydroxyl groups is 2. The van der Waals surface area contributed by atoms with Gasteiger partial charge in [0.05, 0.1) is 41.7 Å². The molecule has 1 aromatic heterocycles. The molecule has 0 spiro atoms. The number of likely N-dealkylation sites (tertiary alicyclic amines) is 1. The highest BCUT2D eigenvalue weighted by molar-refractivity contribution is 5.97. The molecule has 1 saturated carbocycles. The van der Waals surface area contributed by atoms with Gasteiger partial charge in [0.25, 0.3) is 5.91 Å². The Morgan fingerprint density at radius 3 is 3.04 bits per heavy atom. The molecule has 7 nitrogen and oxygen atoms in total. The third-order valence-electron chi connectivity index (χ3n) is 6.03. The van der Waals surface area contributed by atoms with Gasteiger partial charge in [0.1, 0.15) is 0 Å². The van der Waals surface area contributed by atoms with Gasteiger partial charge in [-0.3, -0.25) is 4.79 Å². The first-order valence-corrected chi connectivity index (χ1v) is 9.18. The summed E-state index contributed by atoms with van der Waals surface area (Å²) in [7, 11) is 1.71. The van der Waals surface area contributed by atoms with E-state index in [0.29, 0.717) is 25.1 Å². The third-order valence-corrected chi connectivity index (χ3v) is 6.03. The second-order valence-electron chi connectivity index (χ2n) is 7.33. The van der Waals surface area contributed by atoms with Gasteiger partial charge in [0.15, 0.2) is 0 Å². The molecule has 2 fully saturated rings. The van der Waals surface area contributed by atoms with Crippen molar-refractivity contribution >= 4 is 16.9 Å². The largest absolute Gasteiger partial charge is 0.395 e. The molecule has 140 valence electrons. The zero-order valence-corrected chi connectivity index (χ0v) is 15.0. The monoisotopic (exact) mass is 359 g/mol. The number of ether oxygens (including phenoxy) is 1. The highest BCUT2D eigenvalue weighted by atomic mass is 16.5. The highest BCUT2D eigenvalue weighted by Gasteiger charge is 2.52. The Hall–Kier alpha value is -1.96. The topological polar surface area (TPSA) is 87.8 Å². The zero-order chi connectivity index (χ0) is 18.3. The van der Waals surface area contributed by atoms with Crippen molar-refractivity contribution in [1.82, 2.24) is 14.5 Å². The lowest BCUT2D eigenvalue weighted by Gasteiger charge is -2.42. The van der Waals surface area contributed by atoms with Crippen molar-refractivity contribution in [3.63, 3.8) is 0 Å². The molecule has 1 saturated heterocycles. The lowest BCUT2D eigenvalue weighted by molar-refractivity contribution is -0.0824. The number of hydrogen-bond acceptors (Lipinski definition) is 5. The summed E-state index contributed by atoms with van der Waals surface area (Å²) in [5.41, 5.74) is 1.90. The van der Waals surface area contributed by atoms with Crippen LogP contribution in [0.15, 0.2) is 24.5 Å². The molecule has 1 aliphatic carbocycles. The Labute approximate surface area is 152 Å². The molecule has 1 aliphatic heterocycles. The van der Waals surface area contributed by atoms with E-state index in [-0.39, 0.29) is 30.3 Å². The lowest BCUT2D eigenvalue weighted by Crippen LogP contribution is -2.52. The number of amides is 1. The molecule has 2 heterocycles. The van der Waals surface area contributed by atoms with Crippen LogP contribution in [0.1, 0.15) is 36.0 Å². The van der Waals surface area contributed by atoms with Crippen molar-refractivity contribution in [3.8, 4) is 0 Å². The van der Waals surface area contributed by atoms with Crippen molar-refractivity contribution in [2.75, 3.05) is 20.3 Å². The van der Waals surface area contributed by atoms with E-state index < -0.39 is 0 Å². The fraction of sp³-hybridized carbons (Fsp3) is 0.579. The van der Waals surface area contributed by atoms with Crippen LogP contribution in [0.4, 0.5) is 0 Å². The average molecular weight is 359 g/mol. The van der Waals surface area contributed by atoms with Crippen molar-refractivity contribution in [2.24, 2.45) is 0 Å². The fourth-order valence-electron chi connectivity index (χ4n) is 4.57. The van der Waals surface area contributed by atoms with Crippen LogP contribution < -0.4 is 0 Å². The van der Waals surface area contributed by atoms with Crippen LogP contribution in [0.3, 0.4) is 0 Å². The summed E-state index contributed by atoms with van der Waals surface area (Å²) in [5.74, 6) is -0.0402. The summed E-state index contributed by atoms with van der Waals surface area (Å²) in [4.78, 5) is 19.4. The minimum Gasteiger partial charge on any atom is -0.395 e. The standard InChI is InChI=1S/C19H25N3O4/c1-26-19-5-4-14(24)11-17(19)22(7-6-19)18(25)13-2-3-16-15(10-13)20-12-21(16)8-9-23/h2-3,10,12,14,17,23-24H,4-9,11H2,1H3/t14-,17+,19-/m0/s1. The van der Waals surface area contributed by atoms with E-state index >= 15 is 0 Å². The minimum absolute atomic E-state index is 0.0402. The van der Waals surface area contributed by atoms with Gasteiger partial charge in [-0.1, -0.05) is 0 Å². The Morgan fingerprint density at radius 2 is 2.27 bits per heavy atom. The number of aromatic nitrogens is 2. The molecule has 2 aromatic rings.